The fourth-order valence-electron chi connectivity index (χ4n) is 4.56. The highest BCUT2D eigenvalue weighted by atomic mass is 35.5. The number of amides is 1. The summed E-state index contributed by atoms with van der Waals surface area (Å²) in [5.74, 6) is -0.296. The Kier molecular flexibility index (Phi) is 7.48. The molecule has 0 bridgehead atoms. The smallest absolute Gasteiger partial charge is 0.388 e. The minimum atomic E-state index is -4.95. The van der Waals surface area contributed by atoms with Crippen LogP contribution in [0.25, 0.3) is 17.1 Å². The molecule has 5 rings (SSSR count). The number of carbonyl (C=O) groups excluding carboxylic acids is 1. The molecular weight excluding hydrogens is 567 g/mol. The van der Waals surface area contributed by atoms with Crippen LogP contribution in [-0.4, -0.2) is 81.1 Å². The second-order valence-electron chi connectivity index (χ2n) is 10.0. The maximum Gasteiger partial charge on any atom is 0.416 e. The third-order valence-corrected chi connectivity index (χ3v) is 6.96. The number of aliphatic hydroxyl groups is 2. The van der Waals surface area contributed by atoms with E-state index in [2.05, 4.69) is 15.2 Å². The summed E-state index contributed by atoms with van der Waals surface area (Å²) < 4.78 is 42.4. The third kappa shape index (κ3) is 6.04. The number of hydrogen-bond acceptors (Lipinski definition) is 7. The van der Waals surface area contributed by atoms with E-state index in [0.29, 0.717) is 34.8 Å². The Morgan fingerprint density at radius 1 is 1.15 bits per heavy atom. The highest BCUT2D eigenvalue weighted by Crippen LogP contribution is 2.26. The number of carbonyl (C=O) groups is 1. The molecule has 4 aromatic rings. The lowest BCUT2D eigenvalue weighted by molar-refractivity contribution is -0.207. The van der Waals surface area contributed by atoms with Crippen molar-refractivity contribution >= 4 is 17.5 Å². The van der Waals surface area contributed by atoms with Crippen LogP contribution in [0.4, 0.5) is 13.2 Å². The number of aromatic nitrogens is 6. The van der Waals surface area contributed by atoms with Gasteiger partial charge in [-0.1, -0.05) is 23.7 Å². The van der Waals surface area contributed by atoms with Gasteiger partial charge in [-0.05, 0) is 49.7 Å². The normalized spacial score (nSPS) is 18.2. The number of β-amino-alcohol motifs (C(OH)–C–C–N with tert-alkyl or cyclic N) is 1. The van der Waals surface area contributed by atoms with E-state index in [0.717, 1.165) is 9.25 Å². The van der Waals surface area contributed by atoms with Crippen LogP contribution in [-0.2, 0) is 13.1 Å². The second-order valence-corrected chi connectivity index (χ2v) is 10.5. The Morgan fingerprint density at radius 3 is 2.51 bits per heavy atom. The number of rotatable bonds is 7. The monoisotopic (exact) mass is 591 g/mol. The molecule has 1 aliphatic rings. The first-order valence-electron chi connectivity index (χ1n) is 12.5. The molecule has 1 fully saturated rings. The van der Waals surface area contributed by atoms with Crippen LogP contribution in [0.3, 0.4) is 0 Å². The van der Waals surface area contributed by atoms with Crippen LogP contribution in [0.5, 0.6) is 0 Å². The summed E-state index contributed by atoms with van der Waals surface area (Å²) in [6.07, 6.45) is -5.95. The molecule has 0 aliphatic carbocycles. The Balaban J connectivity index is 1.45. The molecule has 2 aromatic carbocycles. The molecule has 216 valence electrons. The average molecular weight is 592 g/mol. The molecule has 15 heteroatoms. The van der Waals surface area contributed by atoms with E-state index < -0.39 is 30.1 Å². The van der Waals surface area contributed by atoms with E-state index in [-0.39, 0.29) is 30.6 Å². The molecule has 2 unspecified atom stereocenters. The number of alkyl halides is 3. The predicted molar refractivity (Wildman–Crippen MR) is 141 cm³/mol. The lowest BCUT2D eigenvalue weighted by Crippen LogP contribution is -2.37. The molecule has 1 saturated heterocycles. The molecular formula is C26H25ClF3N7O4. The van der Waals surface area contributed by atoms with Gasteiger partial charge in [-0.2, -0.15) is 13.2 Å². The van der Waals surface area contributed by atoms with Gasteiger partial charge in [-0.15, -0.1) is 10.2 Å². The number of nitrogens with zero attached hydrogens (tertiary/aromatic N) is 7. The summed E-state index contributed by atoms with van der Waals surface area (Å²) in [6, 6.07) is 12.7. The van der Waals surface area contributed by atoms with Crippen molar-refractivity contribution in [1.82, 2.24) is 34.0 Å². The number of aliphatic hydroxyl groups excluding tert-OH is 1. The quantitative estimate of drug-likeness (QED) is 0.338. The van der Waals surface area contributed by atoms with Gasteiger partial charge in [0.05, 0.1) is 23.4 Å². The van der Waals surface area contributed by atoms with Gasteiger partial charge in [0.2, 0.25) is 0 Å². The van der Waals surface area contributed by atoms with Gasteiger partial charge in [0.1, 0.15) is 12.9 Å². The van der Waals surface area contributed by atoms with Gasteiger partial charge in [-0.3, -0.25) is 9.36 Å². The molecule has 1 aliphatic heterocycles. The van der Waals surface area contributed by atoms with Gasteiger partial charge in [0, 0.05) is 23.7 Å². The molecule has 11 nitrogen and oxygen atoms in total. The molecule has 1 amide bonds. The lowest BCUT2D eigenvalue weighted by atomic mass is 10.1. The summed E-state index contributed by atoms with van der Waals surface area (Å²) in [6.45, 7) is 0.885. The molecule has 0 spiro atoms. The standard InChI is InChI=1S/C26H25ClF3N7O4/c1-25(41)10-11-34(14-25)23(39)18-4-2-3-5-19(18)37-15-31-21(32-37)13-36-24(40)35(12-20(38)26(28,29)30)22(33-36)16-6-8-17(27)9-7-16/h2-9,15,20,38,41H,10-14H2,1H3. The van der Waals surface area contributed by atoms with Crippen LogP contribution in [0, 0.1) is 0 Å². The Hall–Kier alpha value is -4.01. The number of para-hydroxylation sites is 1. The fraction of sp³-hybridized carbons (Fsp3) is 0.346. The van der Waals surface area contributed by atoms with E-state index in [9.17, 15) is 33.0 Å². The fourth-order valence-corrected chi connectivity index (χ4v) is 4.69. The average Bonchev–Trinajstić information content (AvgIpc) is 3.62. The molecule has 41 heavy (non-hydrogen) atoms. The third-order valence-electron chi connectivity index (χ3n) is 6.71. The first-order chi connectivity index (χ1) is 19.3. The summed E-state index contributed by atoms with van der Waals surface area (Å²) in [4.78, 5) is 32.1. The number of likely N-dealkylation sites (tertiary alicyclic amines) is 1. The van der Waals surface area contributed by atoms with Crippen molar-refractivity contribution < 1.29 is 28.2 Å². The Morgan fingerprint density at radius 2 is 1.85 bits per heavy atom. The molecule has 2 N–H and O–H groups in total. The van der Waals surface area contributed by atoms with Crippen LogP contribution in [0.2, 0.25) is 5.02 Å². The maximum atomic E-state index is 13.2. The van der Waals surface area contributed by atoms with Crippen molar-refractivity contribution in [3.05, 3.63) is 81.8 Å². The zero-order chi connectivity index (χ0) is 29.5. The highest BCUT2D eigenvalue weighted by Gasteiger charge is 2.39. The number of hydrogen-bond donors (Lipinski definition) is 2. The minimum Gasteiger partial charge on any atom is -0.388 e. The molecule has 2 atom stereocenters. The largest absolute Gasteiger partial charge is 0.416 e. The Labute approximate surface area is 236 Å². The zero-order valence-electron chi connectivity index (χ0n) is 21.7. The molecule has 0 radical (unpaired) electrons. The first kappa shape index (κ1) is 28.5. The van der Waals surface area contributed by atoms with E-state index in [4.69, 9.17) is 11.6 Å². The van der Waals surface area contributed by atoms with Crippen LogP contribution >= 0.6 is 11.6 Å². The van der Waals surface area contributed by atoms with Gasteiger partial charge >= 0.3 is 11.9 Å². The molecule has 0 saturated carbocycles. The van der Waals surface area contributed by atoms with Crippen molar-refractivity contribution in [1.29, 1.82) is 0 Å². The minimum absolute atomic E-state index is 0.0992. The van der Waals surface area contributed by atoms with Crippen LogP contribution < -0.4 is 5.69 Å². The van der Waals surface area contributed by atoms with Gasteiger partial charge in [0.15, 0.2) is 17.8 Å². The van der Waals surface area contributed by atoms with Crippen LogP contribution in [0.15, 0.2) is 59.7 Å². The Bertz CT molecular complexity index is 1630. The van der Waals surface area contributed by atoms with Gasteiger partial charge in [0.25, 0.3) is 5.91 Å². The van der Waals surface area contributed by atoms with Gasteiger partial charge < -0.3 is 15.1 Å². The maximum absolute atomic E-state index is 13.2. The predicted octanol–water partition coefficient (Wildman–Crippen LogP) is 2.51. The van der Waals surface area contributed by atoms with Crippen LogP contribution in [0.1, 0.15) is 29.5 Å². The zero-order valence-corrected chi connectivity index (χ0v) is 22.4. The SMILES string of the molecule is CC1(O)CCN(C(=O)c2ccccc2-n2cnc(Cn3nc(-c4ccc(Cl)cc4)n(CC(O)C(F)(F)F)c3=O)n2)C1. The van der Waals surface area contributed by atoms with Crippen molar-refractivity contribution in [3.8, 4) is 17.1 Å². The van der Waals surface area contributed by atoms with Crippen molar-refractivity contribution in [2.45, 2.75) is 44.3 Å². The van der Waals surface area contributed by atoms with Crippen molar-refractivity contribution in [3.63, 3.8) is 0 Å². The lowest BCUT2D eigenvalue weighted by Gasteiger charge is -2.20. The van der Waals surface area contributed by atoms with Gasteiger partial charge in [-0.25, -0.2) is 19.1 Å². The summed E-state index contributed by atoms with van der Waals surface area (Å²) in [5, 5.41) is 28.9. The van der Waals surface area contributed by atoms with E-state index in [1.54, 1.807) is 36.1 Å². The summed E-state index contributed by atoms with van der Waals surface area (Å²) in [5.41, 5.74) is -0.828. The highest BCUT2D eigenvalue weighted by molar-refractivity contribution is 6.30. The molecule has 3 heterocycles. The summed E-state index contributed by atoms with van der Waals surface area (Å²) >= 11 is 5.92. The first-order valence-corrected chi connectivity index (χ1v) is 12.9. The summed E-state index contributed by atoms with van der Waals surface area (Å²) in [7, 11) is 0. The van der Waals surface area contributed by atoms with E-state index in [1.807, 2.05) is 0 Å². The van der Waals surface area contributed by atoms with Crippen molar-refractivity contribution in [2.24, 2.45) is 0 Å². The van der Waals surface area contributed by atoms with E-state index in [1.165, 1.54) is 35.3 Å². The number of halogens is 4. The second kappa shape index (κ2) is 10.8. The van der Waals surface area contributed by atoms with E-state index >= 15 is 0 Å². The number of benzene rings is 2. The topological polar surface area (TPSA) is 131 Å². The molecule has 2 aromatic heterocycles. The van der Waals surface area contributed by atoms with Crippen molar-refractivity contribution in [2.75, 3.05) is 13.1 Å².